The van der Waals surface area contributed by atoms with Crippen LogP contribution in [0, 0.1) is 3.57 Å². The maximum atomic E-state index is 12.3. The molecule has 1 fully saturated rings. The summed E-state index contributed by atoms with van der Waals surface area (Å²) < 4.78 is 2.88. The number of fused-ring (bicyclic) bond motifs is 1. The number of aromatic carboxylic acids is 1. The van der Waals surface area contributed by atoms with Crippen molar-refractivity contribution in [3.8, 4) is 0 Å². The molecule has 2 heterocycles. The Morgan fingerprint density at radius 3 is 2.81 bits per heavy atom. The van der Waals surface area contributed by atoms with E-state index in [0.717, 1.165) is 28.6 Å². The van der Waals surface area contributed by atoms with Gasteiger partial charge in [0.15, 0.2) is 0 Å². The molecule has 1 aromatic carbocycles. The lowest BCUT2D eigenvalue weighted by molar-refractivity contribution is 0.0694. The van der Waals surface area contributed by atoms with Crippen LogP contribution in [0.1, 0.15) is 22.8 Å². The zero-order chi connectivity index (χ0) is 15.1. The van der Waals surface area contributed by atoms with Gasteiger partial charge >= 0.3 is 5.97 Å². The first-order valence-electron chi connectivity index (χ1n) is 6.73. The predicted molar refractivity (Wildman–Crippen MR) is 89.0 cm³/mol. The second-order valence-electron chi connectivity index (χ2n) is 5.45. The topological polar surface area (TPSA) is 62.5 Å². The number of benzene rings is 1. The quantitative estimate of drug-likeness (QED) is 0.788. The average molecular weight is 398 g/mol. The van der Waals surface area contributed by atoms with Crippen LogP contribution < -0.4 is 5.43 Å². The summed E-state index contributed by atoms with van der Waals surface area (Å²) in [4.78, 5) is 25.9. The van der Waals surface area contributed by atoms with Crippen molar-refractivity contribution in [1.82, 2.24) is 9.47 Å². The Hall–Kier alpha value is -1.41. The van der Waals surface area contributed by atoms with Crippen LogP contribution in [0.3, 0.4) is 0 Å². The predicted octanol–water partition coefficient (Wildman–Crippen LogP) is 2.18. The fourth-order valence-electron chi connectivity index (χ4n) is 2.92. The molecule has 1 saturated heterocycles. The first kappa shape index (κ1) is 14.5. The standard InChI is InChI=1S/C15H15IN2O3/c1-17-5-4-10(7-17)18-8-12(15(20)21)14(19)11-6-9(16)2-3-13(11)18/h2-3,6,8,10H,4-5,7H2,1H3,(H,20,21). The van der Waals surface area contributed by atoms with Gasteiger partial charge in [-0.15, -0.1) is 0 Å². The Balaban J connectivity index is 2.30. The van der Waals surface area contributed by atoms with Crippen LogP contribution in [0.5, 0.6) is 0 Å². The van der Waals surface area contributed by atoms with E-state index in [2.05, 4.69) is 27.5 Å². The van der Waals surface area contributed by atoms with E-state index in [0.29, 0.717) is 5.39 Å². The normalized spacial score (nSPS) is 19.2. The van der Waals surface area contributed by atoms with Crippen molar-refractivity contribution >= 4 is 39.5 Å². The van der Waals surface area contributed by atoms with Crippen LogP contribution >= 0.6 is 22.6 Å². The zero-order valence-electron chi connectivity index (χ0n) is 11.5. The molecule has 21 heavy (non-hydrogen) atoms. The number of carbonyl (C=O) groups is 1. The fraction of sp³-hybridized carbons (Fsp3) is 0.333. The number of hydrogen-bond donors (Lipinski definition) is 1. The monoisotopic (exact) mass is 398 g/mol. The maximum Gasteiger partial charge on any atom is 0.341 e. The molecule has 1 aromatic heterocycles. The van der Waals surface area contributed by atoms with Gasteiger partial charge in [-0.3, -0.25) is 4.79 Å². The van der Waals surface area contributed by atoms with E-state index in [1.165, 1.54) is 6.20 Å². The first-order valence-corrected chi connectivity index (χ1v) is 7.81. The number of likely N-dealkylation sites (tertiary alicyclic amines) is 1. The molecule has 1 N–H and O–H groups in total. The third-order valence-corrected chi connectivity index (χ3v) is 4.66. The fourth-order valence-corrected chi connectivity index (χ4v) is 3.41. The molecule has 0 amide bonds. The van der Waals surface area contributed by atoms with Crippen molar-refractivity contribution in [2.45, 2.75) is 12.5 Å². The Bertz CT molecular complexity index is 784. The van der Waals surface area contributed by atoms with E-state index in [4.69, 9.17) is 0 Å². The van der Waals surface area contributed by atoms with Crippen LogP contribution in [-0.4, -0.2) is 40.7 Å². The third-order valence-electron chi connectivity index (χ3n) is 3.98. The van der Waals surface area contributed by atoms with Gasteiger partial charge in [0.05, 0.1) is 5.52 Å². The zero-order valence-corrected chi connectivity index (χ0v) is 13.7. The van der Waals surface area contributed by atoms with Crippen molar-refractivity contribution in [2.75, 3.05) is 20.1 Å². The van der Waals surface area contributed by atoms with Gasteiger partial charge in [-0.05, 0) is 60.8 Å². The van der Waals surface area contributed by atoms with Crippen molar-refractivity contribution in [1.29, 1.82) is 0 Å². The molecule has 2 aromatic rings. The molecular formula is C15H15IN2O3. The van der Waals surface area contributed by atoms with E-state index in [-0.39, 0.29) is 11.6 Å². The third kappa shape index (κ3) is 2.57. The van der Waals surface area contributed by atoms with E-state index in [9.17, 15) is 14.7 Å². The summed E-state index contributed by atoms with van der Waals surface area (Å²) in [6, 6.07) is 5.82. The Morgan fingerprint density at radius 2 is 2.19 bits per heavy atom. The van der Waals surface area contributed by atoms with Gasteiger partial charge < -0.3 is 14.6 Å². The molecule has 0 spiro atoms. The van der Waals surface area contributed by atoms with E-state index < -0.39 is 11.4 Å². The molecule has 0 aliphatic carbocycles. The molecule has 0 saturated carbocycles. The highest BCUT2D eigenvalue weighted by Crippen LogP contribution is 2.25. The van der Waals surface area contributed by atoms with Crippen LogP contribution in [0.15, 0.2) is 29.2 Å². The van der Waals surface area contributed by atoms with Crippen molar-refractivity contribution in [3.05, 3.63) is 43.8 Å². The Morgan fingerprint density at radius 1 is 1.43 bits per heavy atom. The molecule has 5 nitrogen and oxygen atoms in total. The minimum atomic E-state index is -1.17. The number of nitrogens with zero attached hydrogens (tertiary/aromatic N) is 2. The smallest absolute Gasteiger partial charge is 0.341 e. The lowest BCUT2D eigenvalue weighted by atomic mass is 10.1. The number of likely N-dealkylation sites (N-methyl/N-ethyl adjacent to an activating group) is 1. The second kappa shape index (κ2) is 5.42. The molecular weight excluding hydrogens is 383 g/mol. The molecule has 1 aliphatic heterocycles. The number of aromatic nitrogens is 1. The van der Waals surface area contributed by atoms with Crippen molar-refractivity contribution in [2.24, 2.45) is 0 Å². The minimum Gasteiger partial charge on any atom is -0.477 e. The summed E-state index contributed by atoms with van der Waals surface area (Å²) in [5.74, 6) is -1.17. The van der Waals surface area contributed by atoms with Gasteiger partial charge in [0, 0.05) is 27.7 Å². The SMILES string of the molecule is CN1CCC(n2cc(C(=O)O)c(=O)c3cc(I)ccc32)C1. The lowest BCUT2D eigenvalue weighted by Gasteiger charge is -2.19. The summed E-state index contributed by atoms with van der Waals surface area (Å²) in [6.07, 6.45) is 2.46. The highest BCUT2D eigenvalue weighted by Gasteiger charge is 2.24. The van der Waals surface area contributed by atoms with Gasteiger partial charge in [0.1, 0.15) is 5.56 Å². The highest BCUT2D eigenvalue weighted by molar-refractivity contribution is 14.1. The number of rotatable bonds is 2. The van der Waals surface area contributed by atoms with Crippen LogP contribution in [-0.2, 0) is 0 Å². The van der Waals surface area contributed by atoms with Crippen LogP contribution in [0.2, 0.25) is 0 Å². The summed E-state index contributed by atoms with van der Waals surface area (Å²) in [5.41, 5.74) is 0.253. The molecule has 1 atom stereocenters. The molecule has 1 unspecified atom stereocenters. The molecule has 1 aliphatic rings. The van der Waals surface area contributed by atoms with Gasteiger partial charge in [-0.1, -0.05) is 0 Å². The van der Waals surface area contributed by atoms with Crippen LogP contribution in [0.25, 0.3) is 10.9 Å². The van der Waals surface area contributed by atoms with Crippen LogP contribution in [0.4, 0.5) is 0 Å². The van der Waals surface area contributed by atoms with E-state index in [1.807, 2.05) is 23.7 Å². The molecule has 0 bridgehead atoms. The van der Waals surface area contributed by atoms with Gasteiger partial charge in [-0.2, -0.15) is 0 Å². The highest BCUT2D eigenvalue weighted by atomic mass is 127. The molecule has 0 radical (unpaired) electrons. The lowest BCUT2D eigenvalue weighted by Crippen LogP contribution is -2.22. The van der Waals surface area contributed by atoms with Crippen molar-refractivity contribution < 1.29 is 9.90 Å². The maximum absolute atomic E-state index is 12.3. The van der Waals surface area contributed by atoms with Gasteiger partial charge in [0.2, 0.25) is 5.43 Å². The van der Waals surface area contributed by atoms with Gasteiger partial charge in [0.25, 0.3) is 0 Å². The number of hydrogen-bond acceptors (Lipinski definition) is 3. The van der Waals surface area contributed by atoms with E-state index >= 15 is 0 Å². The number of carboxylic acid groups (broad SMARTS) is 1. The Labute approximate surface area is 135 Å². The number of pyridine rings is 1. The average Bonchev–Trinajstić information content (AvgIpc) is 2.86. The van der Waals surface area contributed by atoms with E-state index in [1.54, 1.807) is 6.07 Å². The summed E-state index contributed by atoms with van der Waals surface area (Å²) in [5, 5.41) is 9.77. The van der Waals surface area contributed by atoms with Gasteiger partial charge in [-0.25, -0.2) is 4.79 Å². The first-order chi connectivity index (χ1) is 9.97. The largest absolute Gasteiger partial charge is 0.477 e. The van der Waals surface area contributed by atoms with Crippen molar-refractivity contribution in [3.63, 3.8) is 0 Å². The summed E-state index contributed by atoms with van der Waals surface area (Å²) >= 11 is 2.13. The minimum absolute atomic E-state index is 0.154. The second-order valence-corrected chi connectivity index (χ2v) is 6.70. The molecule has 3 rings (SSSR count). The summed E-state index contributed by atoms with van der Waals surface area (Å²) in [7, 11) is 2.05. The molecule has 6 heteroatoms. The summed E-state index contributed by atoms with van der Waals surface area (Å²) in [6.45, 7) is 1.84. The molecule has 110 valence electrons. The number of halogens is 1. The number of carboxylic acids is 1. The Kier molecular flexibility index (Phi) is 3.75.